The molecule has 0 radical (unpaired) electrons. The van der Waals surface area contributed by atoms with Gasteiger partial charge in [0, 0.05) is 4.88 Å². The second kappa shape index (κ2) is 7.98. The molecule has 9 heteroatoms. The molecule has 2 N–H and O–H groups in total. The number of methoxy groups -OCH3 is 1. The third kappa shape index (κ3) is 3.42. The van der Waals surface area contributed by atoms with E-state index in [0.29, 0.717) is 29.3 Å². The van der Waals surface area contributed by atoms with E-state index < -0.39 is 35.9 Å². The van der Waals surface area contributed by atoms with Crippen LogP contribution in [0.2, 0.25) is 0 Å². The van der Waals surface area contributed by atoms with E-state index in [1.54, 1.807) is 0 Å². The number of esters is 1. The Morgan fingerprint density at radius 1 is 1.27 bits per heavy atom. The molecule has 2 unspecified atom stereocenters. The smallest absolute Gasteiger partial charge is 0.341 e. The van der Waals surface area contributed by atoms with Crippen LogP contribution in [0, 0.1) is 5.92 Å². The summed E-state index contributed by atoms with van der Waals surface area (Å²) >= 11 is 1.37. The maximum absolute atomic E-state index is 13.3. The molecule has 2 aliphatic carbocycles. The third-order valence-corrected chi connectivity index (χ3v) is 8.05. The lowest BCUT2D eigenvalue weighted by molar-refractivity contribution is -0.134. The molecule has 1 fully saturated rings. The molecular weight excluding hydrogens is 442 g/mol. The minimum Gasteiger partial charge on any atom is -0.465 e. The van der Waals surface area contributed by atoms with Crippen molar-refractivity contribution >= 4 is 40.2 Å². The third-order valence-electron chi connectivity index (χ3n) is 6.88. The van der Waals surface area contributed by atoms with Crippen molar-refractivity contribution in [2.45, 2.75) is 44.6 Å². The maximum atomic E-state index is 13.3. The fourth-order valence-corrected chi connectivity index (χ4v) is 6.61. The Bertz CT molecular complexity index is 1190. The van der Waals surface area contributed by atoms with Crippen LogP contribution in [-0.4, -0.2) is 42.4 Å². The number of ether oxygens (including phenoxy) is 1. The Hall–Kier alpha value is -3.20. The molecule has 0 saturated carbocycles. The first-order valence-corrected chi connectivity index (χ1v) is 11.9. The summed E-state index contributed by atoms with van der Waals surface area (Å²) in [6, 6.07) is 6.97. The van der Waals surface area contributed by atoms with Crippen LogP contribution in [0.3, 0.4) is 0 Å². The molecule has 33 heavy (non-hydrogen) atoms. The molecule has 4 amide bonds. The Kier molecular flexibility index (Phi) is 5.23. The zero-order valence-electron chi connectivity index (χ0n) is 18.5. The van der Waals surface area contributed by atoms with Crippen LogP contribution in [0.1, 0.15) is 51.7 Å². The van der Waals surface area contributed by atoms with Gasteiger partial charge in [0.1, 0.15) is 17.1 Å². The summed E-state index contributed by atoms with van der Waals surface area (Å²) in [4.78, 5) is 53.4. The highest BCUT2D eigenvalue weighted by Crippen LogP contribution is 2.42. The van der Waals surface area contributed by atoms with E-state index in [2.05, 4.69) is 17.6 Å². The van der Waals surface area contributed by atoms with E-state index in [4.69, 9.17) is 4.74 Å². The van der Waals surface area contributed by atoms with Gasteiger partial charge in [-0.25, -0.2) is 9.59 Å². The van der Waals surface area contributed by atoms with Crippen LogP contribution >= 0.6 is 11.3 Å². The number of urea groups is 1. The Morgan fingerprint density at radius 2 is 2.06 bits per heavy atom. The quantitative estimate of drug-likeness (QED) is 0.531. The average molecular weight is 468 g/mol. The fraction of sp³-hybridized carbons (Fsp3) is 0.417. The van der Waals surface area contributed by atoms with Crippen LogP contribution in [0.5, 0.6) is 0 Å². The number of thiophene rings is 1. The fourth-order valence-electron chi connectivity index (χ4n) is 5.20. The number of aryl methyl sites for hydroxylation is 1. The number of carbonyl (C=O) groups excluding carboxylic acids is 4. The van der Waals surface area contributed by atoms with E-state index in [9.17, 15) is 19.2 Å². The first-order chi connectivity index (χ1) is 15.8. The number of nitrogens with zero attached hydrogens (tertiary/aromatic N) is 1. The number of carbonyl (C=O) groups is 4. The van der Waals surface area contributed by atoms with Crippen molar-refractivity contribution in [2.24, 2.45) is 5.92 Å². The van der Waals surface area contributed by atoms with Gasteiger partial charge in [0.05, 0.1) is 12.7 Å². The molecule has 1 aromatic carbocycles. The van der Waals surface area contributed by atoms with Gasteiger partial charge in [0.25, 0.3) is 5.91 Å². The van der Waals surface area contributed by atoms with Crippen molar-refractivity contribution in [2.75, 3.05) is 19.0 Å². The summed E-state index contributed by atoms with van der Waals surface area (Å²) < 4.78 is 4.96. The van der Waals surface area contributed by atoms with Gasteiger partial charge >= 0.3 is 12.0 Å². The number of rotatable bonds is 4. The van der Waals surface area contributed by atoms with Crippen molar-refractivity contribution in [3.8, 4) is 0 Å². The minimum atomic E-state index is -1.11. The average Bonchev–Trinajstić information content (AvgIpc) is 3.41. The number of hydrogen-bond acceptors (Lipinski definition) is 6. The van der Waals surface area contributed by atoms with Gasteiger partial charge in [-0.2, -0.15) is 0 Å². The van der Waals surface area contributed by atoms with E-state index >= 15 is 0 Å². The highest BCUT2D eigenvalue weighted by atomic mass is 32.1. The van der Waals surface area contributed by atoms with E-state index in [1.807, 2.05) is 24.3 Å². The highest BCUT2D eigenvalue weighted by Gasteiger charge is 2.55. The number of anilines is 1. The molecule has 3 aliphatic rings. The van der Waals surface area contributed by atoms with Gasteiger partial charge in [-0.3, -0.25) is 14.5 Å². The number of benzene rings is 1. The summed E-state index contributed by atoms with van der Waals surface area (Å²) in [6.45, 7) is 1.74. The van der Waals surface area contributed by atoms with Crippen molar-refractivity contribution < 1.29 is 23.9 Å². The predicted octanol–water partition coefficient (Wildman–Crippen LogP) is 2.99. The van der Waals surface area contributed by atoms with Gasteiger partial charge in [-0.1, -0.05) is 31.2 Å². The molecule has 2 heterocycles. The summed E-state index contributed by atoms with van der Waals surface area (Å²) in [6.07, 6.45) is 3.71. The lowest BCUT2D eigenvalue weighted by Crippen LogP contribution is -2.43. The molecule has 1 saturated heterocycles. The number of fused-ring (bicyclic) bond motifs is 3. The Labute approximate surface area is 195 Å². The van der Waals surface area contributed by atoms with Crippen molar-refractivity contribution in [3.05, 3.63) is 51.4 Å². The lowest BCUT2D eigenvalue weighted by atomic mass is 9.88. The summed E-state index contributed by atoms with van der Waals surface area (Å²) in [5.41, 5.74) is 2.02. The Balaban J connectivity index is 1.37. The molecule has 5 rings (SSSR count). The molecule has 2 atom stereocenters. The lowest BCUT2D eigenvalue weighted by Gasteiger charge is -2.22. The molecule has 1 spiro atoms. The molecule has 2 aromatic rings. The first kappa shape index (κ1) is 21.6. The molecular formula is C24H25N3O5S. The number of hydrogen-bond donors (Lipinski definition) is 2. The number of amides is 4. The zero-order valence-corrected chi connectivity index (χ0v) is 19.3. The normalized spacial score (nSPS) is 23.3. The van der Waals surface area contributed by atoms with Crippen LogP contribution in [0.15, 0.2) is 24.3 Å². The van der Waals surface area contributed by atoms with Gasteiger partial charge in [-0.05, 0) is 54.7 Å². The Morgan fingerprint density at radius 3 is 2.85 bits per heavy atom. The molecule has 1 aromatic heterocycles. The minimum absolute atomic E-state index is 0.385. The van der Waals surface area contributed by atoms with Crippen LogP contribution in [0.25, 0.3) is 0 Å². The second-order valence-corrected chi connectivity index (χ2v) is 10.1. The summed E-state index contributed by atoms with van der Waals surface area (Å²) in [5.74, 6) is -0.936. The SMILES string of the molecule is COC(=O)c1c(NC(=O)CN2C(=O)NC3(CCc4ccccc43)C2=O)sc2c1CCC(C)C2. The largest absolute Gasteiger partial charge is 0.465 e. The topological polar surface area (TPSA) is 105 Å². The van der Waals surface area contributed by atoms with Gasteiger partial charge in [0.15, 0.2) is 0 Å². The maximum Gasteiger partial charge on any atom is 0.341 e. The van der Waals surface area contributed by atoms with Gasteiger partial charge < -0.3 is 15.4 Å². The summed E-state index contributed by atoms with van der Waals surface area (Å²) in [7, 11) is 1.32. The standard InChI is InChI=1S/C24H25N3O5S/c1-13-7-8-15-17(11-13)33-20(19(15)21(29)32-2)25-18(28)12-27-22(30)24(26-23(27)31)10-9-14-5-3-4-6-16(14)24/h3-6,13H,7-12H2,1-2H3,(H,25,28)(H,26,31). The monoisotopic (exact) mass is 467 g/mol. The van der Waals surface area contributed by atoms with Gasteiger partial charge in [0.2, 0.25) is 5.91 Å². The number of nitrogens with one attached hydrogen (secondary N) is 2. The van der Waals surface area contributed by atoms with Crippen LogP contribution < -0.4 is 10.6 Å². The zero-order chi connectivity index (χ0) is 23.3. The number of imide groups is 1. The van der Waals surface area contributed by atoms with E-state index in [0.717, 1.165) is 45.7 Å². The molecule has 172 valence electrons. The van der Waals surface area contributed by atoms with Crippen molar-refractivity contribution in [3.63, 3.8) is 0 Å². The van der Waals surface area contributed by atoms with Crippen molar-refractivity contribution in [1.29, 1.82) is 0 Å². The van der Waals surface area contributed by atoms with Gasteiger partial charge in [-0.15, -0.1) is 11.3 Å². The van der Waals surface area contributed by atoms with Crippen LogP contribution in [0.4, 0.5) is 9.80 Å². The molecule has 8 nitrogen and oxygen atoms in total. The second-order valence-electron chi connectivity index (χ2n) is 8.98. The van der Waals surface area contributed by atoms with Crippen molar-refractivity contribution in [1.82, 2.24) is 10.2 Å². The van der Waals surface area contributed by atoms with Crippen LogP contribution in [-0.2, 0) is 39.1 Å². The first-order valence-electron chi connectivity index (χ1n) is 11.1. The predicted molar refractivity (Wildman–Crippen MR) is 122 cm³/mol. The molecule has 1 aliphatic heterocycles. The van der Waals surface area contributed by atoms with E-state index in [-0.39, 0.29) is 0 Å². The van der Waals surface area contributed by atoms with E-state index in [1.165, 1.54) is 18.4 Å². The summed E-state index contributed by atoms with van der Waals surface area (Å²) in [5, 5.41) is 6.01. The molecule has 0 bridgehead atoms. The highest BCUT2D eigenvalue weighted by molar-refractivity contribution is 7.17.